The Morgan fingerprint density at radius 1 is 1.00 bits per heavy atom. The van der Waals surface area contributed by atoms with Gasteiger partial charge in [0.2, 0.25) is 5.89 Å². The van der Waals surface area contributed by atoms with Crippen LogP contribution in [0.3, 0.4) is 0 Å². The van der Waals surface area contributed by atoms with E-state index < -0.39 is 17.5 Å². The fourth-order valence-corrected chi connectivity index (χ4v) is 5.60. The lowest BCUT2D eigenvalue weighted by atomic mass is 10.0. The SMILES string of the molecule is O=C(c1coc(CSc2nnc(-c3ccccc3)n2-c2cccc(C(F)(F)F)c2)n1)N1CCC2(CC1)OCCO2. The maximum absolute atomic E-state index is 13.5. The molecule has 40 heavy (non-hydrogen) atoms. The van der Waals surface area contributed by atoms with Crippen LogP contribution in [0.15, 0.2) is 70.4 Å². The van der Waals surface area contributed by atoms with Crippen LogP contribution in [0.5, 0.6) is 0 Å². The quantitative estimate of drug-likeness (QED) is 0.291. The van der Waals surface area contributed by atoms with Gasteiger partial charge in [0.1, 0.15) is 6.26 Å². The highest BCUT2D eigenvalue weighted by atomic mass is 32.2. The summed E-state index contributed by atoms with van der Waals surface area (Å²) in [6.07, 6.45) is -2.00. The lowest BCUT2D eigenvalue weighted by Gasteiger charge is -2.37. The molecule has 2 aromatic heterocycles. The molecule has 2 saturated heterocycles. The van der Waals surface area contributed by atoms with Gasteiger partial charge >= 0.3 is 6.18 Å². The van der Waals surface area contributed by atoms with Crippen LogP contribution in [0.1, 0.15) is 34.8 Å². The van der Waals surface area contributed by atoms with Crippen molar-refractivity contribution in [2.45, 2.75) is 35.7 Å². The summed E-state index contributed by atoms with van der Waals surface area (Å²) in [4.78, 5) is 19.1. The van der Waals surface area contributed by atoms with Gasteiger partial charge in [0.15, 0.2) is 22.5 Å². The van der Waals surface area contributed by atoms with Crippen LogP contribution in [0.2, 0.25) is 0 Å². The second-order valence-electron chi connectivity index (χ2n) is 9.37. The van der Waals surface area contributed by atoms with Gasteiger partial charge < -0.3 is 18.8 Å². The lowest BCUT2D eigenvalue weighted by Crippen LogP contribution is -2.47. The van der Waals surface area contributed by atoms with Crippen LogP contribution in [0.25, 0.3) is 17.1 Å². The summed E-state index contributed by atoms with van der Waals surface area (Å²) in [5.41, 5.74) is 0.367. The Labute approximate surface area is 231 Å². The Bertz CT molecular complexity index is 1490. The van der Waals surface area contributed by atoms with Crippen LogP contribution >= 0.6 is 11.8 Å². The molecule has 1 amide bonds. The number of thioether (sulfide) groups is 1. The molecular weight excluding hydrogens is 547 g/mol. The van der Waals surface area contributed by atoms with Crippen LogP contribution in [-0.4, -0.2) is 62.6 Å². The number of piperidine rings is 1. The number of aromatic nitrogens is 4. The number of carbonyl (C=O) groups excluding carboxylic acids is 1. The van der Waals surface area contributed by atoms with Crippen molar-refractivity contribution in [3.63, 3.8) is 0 Å². The first-order valence-corrected chi connectivity index (χ1v) is 13.6. The molecular formula is C27H24F3N5O4S. The average Bonchev–Trinajstić information content (AvgIpc) is 3.72. The minimum atomic E-state index is -4.50. The van der Waals surface area contributed by atoms with Crippen molar-refractivity contribution in [2.75, 3.05) is 26.3 Å². The van der Waals surface area contributed by atoms with Crippen LogP contribution in [-0.2, 0) is 21.4 Å². The summed E-state index contributed by atoms with van der Waals surface area (Å²) in [7, 11) is 0. The largest absolute Gasteiger partial charge is 0.447 e. The van der Waals surface area contributed by atoms with Crippen molar-refractivity contribution in [3.8, 4) is 17.1 Å². The Morgan fingerprint density at radius 2 is 1.75 bits per heavy atom. The molecule has 0 aliphatic carbocycles. The van der Waals surface area contributed by atoms with Gasteiger partial charge in [-0.25, -0.2) is 4.98 Å². The third-order valence-corrected chi connectivity index (χ3v) is 7.73. The Hall–Kier alpha value is -3.68. The van der Waals surface area contributed by atoms with Gasteiger partial charge in [0.25, 0.3) is 5.91 Å². The van der Waals surface area contributed by atoms with Crippen LogP contribution in [0, 0.1) is 0 Å². The Balaban J connectivity index is 1.20. The minimum Gasteiger partial charge on any atom is -0.447 e. The van der Waals surface area contributed by atoms with Gasteiger partial charge in [0, 0.05) is 31.5 Å². The molecule has 208 valence electrons. The molecule has 13 heteroatoms. The number of ether oxygens (including phenoxy) is 2. The number of rotatable bonds is 6. The average molecular weight is 572 g/mol. The second-order valence-corrected chi connectivity index (χ2v) is 10.3. The van der Waals surface area contributed by atoms with E-state index in [4.69, 9.17) is 13.9 Å². The molecule has 0 unspecified atom stereocenters. The van der Waals surface area contributed by atoms with Gasteiger partial charge in [0.05, 0.1) is 30.2 Å². The van der Waals surface area contributed by atoms with Gasteiger partial charge in [-0.3, -0.25) is 9.36 Å². The minimum absolute atomic E-state index is 0.184. The standard InChI is InChI=1S/C27H24F3N5O4S/c28-27(29,30)19-7-4-8-20(15-19)35-23(18-5-2-1-3-6-18)32-33-25(35)40-17-22-31-21(16-37-22)24(36)34-11-9-26(10-12-34)38-13-14-39-26/h1-8,15-16H,9-14,17H2. The number of hydrogen-bond donors (Lipinski definition) is 0. The number of carbonyl (C=O) groups is 1. The van der Waals surface area contributed by atoms with E-state index in [-0.39, 0.29) is 28.9 Å². The van der Waals surface area contributed by atoms with Crippen molar-refractivity contribution < 1.29 is 31.9 Å². The summed E-state index contributed by atoms with van der Waals surface area (Å²) < 4.78 is 59.0. The molecule has 6 rings (SSSR count). The Morgan fingerprint density at radius 3 is 2.48 bits per heavy atom. The number of hydrogen-bond acceptors (Lipinski definition) is 8. The molecule has 0 atom stereocenters. The zero-order valence-corrected chi connectivity index (χ0v) is 22.0. The maximum atomic E-state index is 13.5. The van der Waals surface area contributed by atoms with Gasteiger partial charge in [-0.05, 0) is 18.2 Å². The van der Waals surface area contributed by atoms with Crippen molar-refractivity contribution in [2.24, 2.45) is 0 Å². The topological polar surface area (TPSA) is 95.5 Å². The fourth-order valence-electron chi connectivity index (χ4n) is 4.79. The van der Waals surface area contributed by atoms with Crippen molar-refractivity contribution in [1.82, 2.24) is 24.6 Å². The van der Waals surface area contributed by atoms with E-state index in [0.717, 1.165) is 12.1 Å². The van der Waals surface area contributed by atoms with Crippen molar-refractivity contribution in [1.29, 1.82) is 0 Å². The van der Waals surface area contributed by atoms with Gasteiger partial charge in [-0.2, -0.15) is 13.2 Å². The van der Waals surface area contributed by atoms with Crippen molar-refractivity contribution >= 4 is 17.7 Å². The molecule has 0 N–H and O–H groups in total. The first-order valence-electron chi connectivity index (χ1n) is 12.6. The molecule has 2 aliphatic rings. The number of oxazole rings is 1. The number of alkyl halides is 3. The molecule has 2 fully saturated rings. The van der Waals surface area contributed by atoms with Gasteiger partial charge in [-0.15, -0.1) is 10.2 Å². The summed E-state index contributed by atoms with van der Waals surface area (Å²) in [6, 6.07) is 14.1. The van der Waals surface area contributed by atoms with Crippen molar-refractivity contribution in [3.05, 3.63) is 78.0 Å². The van der Waals surface area contributed by atoms with E-state index in [1.807, 2.05) is 30.3 Å². The predicted octanol–water partition coefficient (Wildman–Crippen LogP) is 5.21. The maximum Gasteiger partial charge on any atom is 0.416 e. The monoisotopic (exact) mass is 571 g/mol. The zero-order chi connectivity index (χ0) is 27.7. The second kappa shape index (κ2) is 10.7. The molecule has 1 spiro atoms. The summed E-state index contributed by atoms with van der Waals surface area (Å²) in [5.74, 6) is 0.0276. The number of nitrogens with zero attached hydrogens (tertiary/aromatic N) is 5. The van der Waals surface area contributed by atoms with Crippen LogP contribution in [0.4, 0.5) is 13.2 Å². The molecule has 0 radical (unpaired) electrons. The van der Waals surface area contributed by atoms with E-state index in [9.17, 15) is 18.0 Å². The molecule has 9 nitrogen and oxygen atoms in total. The third-order valence-electron chi connectivity index (χ3n) is 6.82. The molecule has 4 aromatic rings. The predicted molar refractivity (Wildman–Crippen MR) is 138 cm³/mol. The van der Waals surface area contributed by atoms with E-state index in [1.165, 1.54) is 24.1 Å². The highest BCUT2D eigenvalue weighted by molar-refractivity contribution is 7.98. The highest BCUT2D eigenvalue weighted by Crippen LogP contribution is 2.35. The van der Waals surface area contributed by atoms with Gasteiger partial charge in [-0.1, -0.05) is 48.2 Å². The summed E-state index contributed by atoms with van der Waals surface area (Å²) in [5, 5.41) is 8.87. The summed E-state index contributed by atoms with van der Waals surface area (Å²) >= 11 is 1.19. The van der Waals surface area contributed by atoms with Crippen LogP contribution < -0.4 is 0 Å². The zero-order valence-electron chi connectivity index (χ0n) is 21.1. The first kappa shape index (κ1) is 26.5. The smallest absolute Gasteiger partial charge is 0.416 e. The number of benzene rings is 2. The fraction of sp³-hybridized carbons (Fsp3) is 0.333. The van der Waals surface area contributed by atoms with E-state index in [2.05, 4.69) is 15.2 Å². The number of amides is 1. The lowest BCUT2D eigenvalue weighted by molar-refractivity contribution is -0.181. The molecule has 4 heterocycles. The van der Waals surface area contributed by atoms with E-state index >= 15 is 0 Å². The third kappa shape index (κ3) is 5.36. The molecule has 2 aliphatic heterocycles. The normalized spacial score (nSPS) is 17.0. The number of halogens is 3. The molecule has 0 saturated carbocycles. The molecule has 2 aromatic carbocycles. The number of likely N-dealkylation sites (tertiary alicyclic amines) is 1. The van der Waals surface area contributed by atoms with E-state index in [1.54, 1.807) is 15.5 Å². The first-order chi connectivity index (χ1) is 19.3. The highest BCUT2D eigenvalue weighted by Gasteiger charge is 2.41. The molecule has 0 bridgehead atoms. The Kier molecular flexibility index (Phi) is 7.11. The summed E-state index contributed by atoms with van der Waals surface area (Å²) in [6.45, 7) is 2.09. The van der Waals surface area contributed by atoms with E-state index in [0.29, 0.717) is 55.7 Å².